The molecule has 0 aliphatic rings. The summed E-state index contributed by atoms with van der Waals surface area (Å²) in [6, 6.07) is 7.73. The molecule has 1 aromatic carbocycles. The maximum Gasteiger partial charge on any atom is 0.101 e. The lowest BCUT2D eigenvalue weighted by Gasteiger charge is -2.06. The van der Waals surface area contributed by atoms with Crippen LogP contribution in [-0.4, -0.2) is 9.78 Å². The highest BCUT2D eigenvalue weighted by molar-refractivity contribution is 6.32. The Morgan fingerprint density at radius 1 is 1.37 bits per heavy atom. The Hall–Kier alpha value is -1.79. The minimum absolute atomic E-state index is 0.508. The number of halogens is 1. The van der Waals surface area contributed by atoms with Gasteiger partial charge >= 0.3 is 0 Å². The van der Waals surface area contributed by atoms with Gasteiger partial charge in [-0.15, -0.1) is 0 Å². The van der Waals surface area contributed by atoms with Crippen LogP contribution in [0, 0.1) is 18.3 Å². The van der Waals surface area contributed by atoms with Gasteiger partial charge in [-0.2, -0.15) is 10.4 Å². The molecule has 2 aromatic rings. The van der Waals surface area contributed by atoms with Gasteiger partial charge in [0.25, 0.3) is 0 Å². The molecule has 19 heavy (non-hydrogen) atoms. The largest absolute Gasteiger partial charge is 0.272 e. The van der Waals surface area contributed by atoms with Crippen LogP contribution in [0.4, 0.5) is 0 Å². The number of benzene rings is 1. The number of aryl methyl sites for hydroxylation is 1. The fourth-order valence-electron chi connectivity index (χ4n) is 2.00. The van der Waals surface area contributed by atoms with E-state index in [1.54, 1.807) is 6.07 Å². The number of nitriles is 1. The van der Waals surface area contributed by atoms with E-state index in [9.17, 15) is 0 Å². The summed E-state index contributed by atoms with van der Waals surface area (Å²) in [5, 5.41) is 14.0. The smallest absolute Gasteiger partial charge is 0.101 e. The second-order valence-corrected chi connectivity index (χ2v) is 4.91. The summed E-state index contributed by atoms with van der Waals surface area (Å²) in [7, 11) is 0. The molecule has 0 saturated carbocycles. The molecule has 4 heteroatoms. The van der Waals surface area contributed by atoms with Gasteiger partial charge in [0, 0.05) is 18.3 Å². The molecule has 98 valence electrons. The molecule has 0 aliphatic carbocycles. The summed E-state index contributed by atoms with van der Waals surface area (Å²) < 4.78 is 1.95. The summed E-state index contributed by atoms with van der Waals surface area (Å²) >= 11 is 6.18. The van der Waals surface area contributed by atoms with Crippen molar-refractivity contribution in [3.63, 3.8) is 0 Å². The number of unbranched alkanes of at least 4 members (excludes halogenated alkanes) is 1. The molecule has 0 radical (unpaired) electrons. The van der Waals surface area contributed by atoms with E-state index in [1.165, 1.54) is 0 Å². The molecule has 0 amide bonds. The SMILES string of the molecule is CCCCn1ccc(-c2ccc(C#N)c(Cl)c2C)n1. The lowest BCUT2D eigenvalue weighted by Crippen LogP contribution is -1.98. The molecule has 0 saturated heterocycles. The van der Waals surface area contributed by atoms with Crippen molar-refractivity contribution in [2.75, 3.05) is 0 Å². The Balaban J connectivity index is 2.35. The lowest BCUT2D eigenvalue weighted by atomic mass is 10.0. The minimum Gasteiger partial charge on any atom is -0.272 e. The van der Waals surface area contributed by atoms with Crippen molar-refractivity contribution in [3.05, 3.63) is 40.5 Å². The summed E-state index contributed by atoms with van der Waals surface area (Å²) in [5.74, 6) is 0. The predicted molar refractivity (Wildman–Crippen MR) is 77.0 cm³/mol. The number of nitrogens with zero attached hydrogens (tertiary/aromatic N) is 3. The molecule has 0 N–H and O–H groups in total. The molecule has 0 aliphatic heterocycles. The van der Waals surface area contributed by atoms with Gasteiger partial charge in [-0.1, -0.05) is 31.0 Å². The lowest BCUT2D eigenvalue weighted by molar-refractivity contribution is 0.573. The zero-order chi connectivity index (χ0) is 13.8. The molecule has 3 nitrogen and oxygen atoms in total. The molecule has 0 fully saturated rings. The third-order valence-electron chi connectivity index (χ3n) is 3.16. The van der Waals surface area contributed by atoms with E-state index in [0.29, 0.717) is 10.6 Å². The van der Waals surface area contributed by atoms with Crippen LogP contribution in [0.15, 0.2) is 24.4 Å². The van der Waals surface area contributed by atoms with Crippen LogP contribution in [0.25, 0.3) is 11.3 Å². The Bertz CT molecular complexity index is 623. The van der Waals surface area contributed by atoms with Crippen LogP contribution < -0.4 is 0 Å². The monoisotopic (exact) mass is 273 g/mol. The van der Waals surface area contributed by atoms with Gasteiger partial charge in [-0.05, 0) is 31.0 Å². The zero-order valence-electron chi connectivity index (χ0n) is 11.2. The maximum absolute atomic E-state index is 8.95. The van der Waals surface area contributed by atoms with Gasteiger partial charge in [0.1, 0.15) is 6.07 Å². The predicted octanol–water partition coefficient (Wildman–Crippen LogP) is 4.18. The summed E-state index contributed by atoms with van der Waals surface area (Å²) in [5.41, 5.74) is 3.30. The number of hydrogen-bond donors (Lipinski definition) is 0. The van der Waals surface area contributed by atoms with Crippen molar-refractivity contribution >= 4 is 11.6 Å². The summed E-state index contributed by atoms with van der Waals surface area (Å²) in [6.45, 7) is 5.01. The van der Waals surface area contributed by atoms with Crippen LogP contribution in [0.5, 0.6) is 0 Å². The number of rotatable bonds is 4. The first-order chi connectivity index (χ1) is 9.17. The van der Waals surface area contributed by atoms with Crippen molar-refractivity contribution in [2.45, 2.75) is 33.2 Å². The fourth-order valence-corrected chi connectivity index (χ4v) is 2.21. The zero-order valence-corrected chi connectivity index (χ0v) is 11.9. The first kappa shape index (κ1) is 13.6. The highest BCUT2D eigenvalue weighted by Crippen LogP contribution is 2.29. The maximum atomic E-state index is 8.95. The molecule has 0 bridgehead atoms. The van der Waals surface area contributed by atoms with Crippen molar-refractivity contribution in [3.8, 4) is 17.3 Å². The van der Waals surface area contributed by atoms with E-state index >= 15 is 0 Å². The average Bonchev–Trinajstić information content (AvgIpc) is 2.88. The van der Waals surface area contributed by atoms with Crippen LogP contribution in [0.3, 0.4) is 0 Å². The molecule has 2 rings (SSSR count). The molecule has 1 heterocycles. The van der Waals surface area contributed by atoms with Crippen LogP contribution in [-0.2, 0) is 6.54 Å². The molecule has 0 unspecified atom stereocenters. The Kier molecular flexibility index (Phi) is 4.24. The second kappa shape index (κ2) is 5.90. The van der Waals surface area contributed by atoms with Crippen molar-refractivity contribution < 1.29 is 0 Å². The third-order valence-corrected chi connectivity index (χ3v) is 3.65. The van der Waals surface area contributed by atoms with E-state index in [0.717, 1.165) is 36.2 Å². The first-order valence-corrected chi connectivity index (χ1v) is 6.78. The van der Waals surface area contributed by atoms with Crippen LogP contribution in [0.1, 0.15) is 30.9 Å². The quantitative estimate of drug-likeness (QED) is 0.838. The second-order valence-electron chi connectivity index (χ2n) is 4.53. The Morgan fingerprint density at radius 2 is 2.16 bits per heavy atom. The molecule has 1 aromatic heterocycles. The Labute approximate surface area is 118 Å². The number of aromatic nitrogens is 2. The number of hydrogen-bond acceptors (Lipinski definition) is 2. The van der Waals surface area contributed by atoms with Gasteiger partial charge in [0.05, 0.1) is 16.3 Å². The summed E-state index contributed by atoms with van der Waals surface area (Å²) in [4.78, 5) is 0. The molecule has 0 spiro atoms. The highest BCUT2D eigenvalue weighted by atomic mass is 35.5. The fraction of sp³-hybridized carbons (Fsp3) is 0.333. The van der Waals surface area contributed by atoms with Crippen LogP contribution >= 0.6 is 11.6 Å². The highest BCUT2D eigenvalue weighted by Gasteiger charge is 2.11. The van der Waals surface area contributed by atoms with E-state index in [-0.39, 0.29) is 0 Å². The molecular formula is C15H16ClN3. The van der Waals surface area contributed by atoms with E-state index in [4.69, 9.17) is 16.9 Å². The van der Waals surface area contributed by atoms with Gasteiger partial charge in [0.15, 0.2) is 0 Å². The van der Waals surface area contributed by atoms with Crippen molar-refractivity contribution in [2.24, 2.45) is 0 Å². The standard InChI is InChI=1S/C15H16ClN3/c1-3-4-8-19-9-7-14(18-19)13-6-5-12(10-17)15(16)11(13)2/h5-7,9H,3-4,8H2,1-2H3. The van der Waals surface area contributed by atoms with E-state index in [1.807, 2.05) is 29.9 Å². The van der Waals surface area contributed by atoms with Crippen molar-refractivity contribution in [1.29, 1.82) is 5.26 Å². The van der Waals surface area contributed by atoms with Gasteiger partial charge in [0.2, 0.25) is 0 Å². The summed E-state index contributed by atoms with van der Waals surface area (Å²) in [6.07, 6.45) is 4.25. The third kappa shape index (κ3) is 2.80. The average molecular weight is 274 g/mol. The Morgan fingerprint density at radius 3 is 2.84 bits per heavy atom. The van der Waals surface area contributed by atoms with Crippen molar-refractivity contribution in [1.82, 2.24) is 9.78 Å². The van der Waals surface area contributed by atoms with Gasteiger partial charge in [-0.25, -0.2) is 0 Å². The topological polar surface area (TPSA) is 41.6 Å². The normalized spacial score (nSPS) is 10.4. The van der Waals surface area contributed by atoms with Gasteiger partial charge in [-0.3, -0.25) is 4.68 Å². The molecule has 0 atom stereocenters. The first-order valence-electron chi connectivity index (χ1n) is 6.40. The van der Waals surface area contributed by atoms with Gasteiger partial charge < -0.3 is 0 Å². The molecular weight excluding hydrogens is 258 g/mol. The van der Waals surface area contributed by atoms with E-state index < -0.39 is 0 Å². The van der Waals surface area contributed by atoms with Crippen LogP contribution in [0.2, 0.25) is 5.02 Å². The van der Waals surface area contributed by atoms with E-state index in [2.05, 4.69) is 18.1 Å². The minimum atomic E-state index is 0.508.